The van der Waals surface area contributed by atoms with Gasteiger partial charge in [-0.25, -0.2) is 4.39 Å². The van der Waals surface area contributed by atoms with Crippen molar-refractivity contribution in [2.24, 2.45) is 5.73 Å². The summed E-state index contributed by atoms with van der Waals surface area (Å²) in [5.74, 6) is -0.690. The summed E-state index contributed by atoms with van der Waals surface area (Å²) in [5.41, 5.74) is 6.94. The van der Waals surface area contributed by atoms with E-state index in [0.717, 1.165) is 0 Å². The summed E-state index contributed by atoms with van der Waals surface area (Å²) in [6.45, 7) is 2.17. The molecule has 0 saturated heterocycles. The topological polar surface area (TPSA) is 46.3 Å². The molecule has 1 amide bonds. The van der Waals surface area contributed by atoms with Crippen molar-refractivity contribution < 1.29 is 9.18 Å². The quantitative estimate of drug-likeness (QED) is 0.883. The molecule has 0 spiro atoms. The van der Waals surface area contributed by atoms with Gasteiger partial charge in [-0.1, -0.05) is 36.5 Å². The highest BCUT2D eigenvalue weighted by molar-refractivity contribution is 7.80. The molecule has 0 heterocycles. The van der Waals surface area contributed by atoms with Gasteiger partial charge < -0.3 is 10.6 Å². The maximum atomic E-state index is 13.8. The molecule has 0 saturated carbocycles. The number of rotatable bonds is 4. The van der Waals surface area contributed by atoms with E-state index in [1.165, 1.54) is 11.0 Å². The molecule has 2 aromatic carbocycles. The number of halogens is 1. The van der Waals surface area contributed by atoms with Gasteiger partial charge in [0.2, 0.25) is 0 Å². The SMILES string of the molecule is CCN(C(=O)c1ccc(C(N)=S)cc1)c1ccccc1F. The van der Waals surface area contributed by atoms with Crippen LogP contribution in [-0.4, -0.2) is 17.4 Å². The smallest absolute Gasteiger partial charge is 0.258 e. The minimum atomic E-state index is -0.424. The molecule has 0 aliphatic rings. The van der Waals surface area contributed by atoms with E-state index in [1.54, 1.807) is 49.4 Å². The lowest BCUT2D eigenvalue weighted by molar-refractivity contribution is 0.0987. The van der Waals surface area contributed by atoms with Crippen LogP contribution in [-0.2, 0) is 0 Å². The van der Waals surface area contributed by atoms with Gasteiger partial charge in [-0.3, -0.25) is 4.79 Å². The second-order valence-corrected chi connectivity index (χ2v) is 4.88. The average molecular weight is 302 g/mol. The largest absolute Gasteiger partial charge is 0.389 e. The van der Waals surface area contributed by atoms with Crippen LogP contribution in [0.1, 0.15) is 22.8 Å². The van der Waals surface area contributed by atoms with Crippen molar-refractivity contribution in [1.29, 1.82) is 0 Å². The molecule has 0 aliphatic carbocycles. The predicted octanol–water partition coefficient (Wildman–Crippen LogP) is 3.13. The Labute approximate surface area is 128 Å². The molecule has 0 unspecified atom stereocenters. The van der Waals surface area contributed by atoms with Crippen LogP contribution in [0, 0.1) is 5.82 Å². The fourth-order valence-corrected chi connectivity index (χ4v) is 2.16. The van der Waals surface area contributed by atoms with Crippen LogP contribution in [0.4, 0.5) is 10.1 Å². The number of para-hydroxylation sites is 1. The van der Waals surface area contributed by atoms with Crippen molar-refractivity contribution in [1.82, 2.24) is 0 Å². The Balaban J connectivity index is 2.32. The number of nitrogens with two attached hydrogens (primary N) is 1. The number of benzene rings is 2. The fraction of sp³-hybridized carbons (Fsp3) is 0.125. The van der Waals surface area contributed by atoms with Gasteiger partial charge in [0.25, 0.3) is 5.91 Å². The molecule has 3 nitrogen and oxygen atoms in total. The van der Waals surface area contributed by atoms with Crippen LogP contribution in [0.15, 0.2) is 48.5 Å². The van der Waals surface area contributed by atoms with Gasteiger partial charge in [0.05, 0.1) is 5.69 Å². The summed E-state index contributed by atoms with van der Waals surface area (Å²) in [4.78, 5) is 14.2. The fourth-order valence-electron chi connectivity index (χ4n) is 2.03. The third-order valence-corrected chi connectivity index (χ3v) is 3.36. The van der Waals surface area contributed by atoms with Crippen LogP contribution >= 0.6 is 12.2 Å². The van der Waals surface area contributed by atoms with Crippen LogP contribution in [0.3, 0.4) is 0 Å². The molecule has 2 aromatic rings. The molecular weight excluding hydrogens is 287 g/mol. The summed E-state index contributed by atoms with van der Waals surface area (Å²) in [6.07, 6.45) is 0. The number of nitrogens with zero attached hydrogens (tertiary/aromatic N) is 1. The average Bonchev–Trinajstić information content (AvgIpc) is 2.50. The van der Waals surface area contributed by atoms with E-state index in [2.05, 4.69) is 0 Å². The van der Waals surface area contributed by atoms with Gasteiger partial charge in [0.1, 0.15) is 10.8 Å². The molecule has 0 aromatic heterocycles. The molecule has 108 valence electrons. The van der Waals surface area contributed by atoms with Gasteiger partial charge in [0.15, 0.2) is 0 Å². The molecule has 21 heavy (non-hydrogen) atoms. The second kappa shape index (κ2) is 6.45. The predicted molar refractivity (Wildman–Crippen MR) is 86.1 cm³/mol. The third kappa shape index (κ3) is 3.25. The molecule has 0 radical (unpaired) electrons. The monoisotopic (exact) mass is 302 g/mol. The van der Waals surface area contributed by atoms with Gasteiger partial charge in [-0.05, 0) is 31.2 Å². The van der Waals surface area contributed by atoms with E-state index < -0.39 is 5.82 Å². The summed E-state index contributed by atoms with van der Waals surface area (Å²) >= 11 is 4.87. The first-order valence-corrected chi connectivity index (χ1v) is 6.91. The van der Waals surface area contributed by atoms with E-state index in [0.29, 0.717) is 17.7 Å². The Morgan fingerprint density at radius 1 is 1.14 bits per heavy atom. The molecule has 2 N–H and O–H groups in total. The normalized spacial score (nSPS) is 10.2. The van der Waals surface area contributed by atoms with E-state index in [-0.39, 0.29) is 16.6 Å². The second-order valence-electron chi connectivity index (χ2n) is 4.44. The number of hydrogen-bond acceptors (Lipinski definition) is 2. The van der Waals surface area contributed by atoms with E-state index >= 15 is 0 Å². The highest BCUT2D eigenvalue weighted by Gasteiger charge is 2.18. The lowest BCUT2D eigenvalue weighted by atomic mass is 10.1. The zero-order valence-electron chi connectivity index (χ0n) is 11.5. The molecule has 0 aliphatic heterocycles. The first kappa shape index (κ1) is 15.1. The number of carbonyl (C=O) groups is 1. The first-order chi connectivity index (χ1) is 10.0. The van der Waals surface area contributed by atoms with Crippen molar-refractivity contribution in [3.8, 4) is 0 Å². The van der Waals surface area contributed by atoms with Crippen LogP contribution in [0.5, 0.6) is 0 Å². The molecule has 0 fully saturated rings. The molecule has 2 rings (SSSR count). The number of anilines is 1. The maximum Gasteiger partial charge on any atom is 0.258 e. The van der Waals surface area contributed by atoms with Crippen molar-refractivity contribution in [3.63, 3.8) is 0 Å². The summed E-state index contributed by atoms with van der Waals surface area (Å²) < 4.78 is 13.8. The zero-order valence-corrected chi connectivity index (χ0v) is 12.4. The van der Waals surface area contributed by atoms with Gasteiger partial charge in [0, 0.05) is 17.7 Å². The Hall–Kier alpha value is -2.27. The van der Waals surface area contributed by atoms with Crippen molar-refractivity contribution in [3.05, 3.63) is 65.5 Å². The molecule has 0 atom stereocenters. The Morgan fingerprint density at radius 3 is 2.24 bits per heavy atom. The van der Waals surface area contributed by atoms with Crippen LogP contribution in [0.25, 0.3) is 0 Å². The Bertz CT molecular complexity index is 670. The van der Waals surface area contributed by atoms with Crippen LogP contribution < -0.4 is 10.6 Å². The minimum absolute atomic E-state index is 0.267. The molecule has 0 bridgehead atoms. The van der Waals surface area contributed by atoms with Crippen molar-refractivity contribution >= 4 is 28.8 Å². The van der Waals surface area contributed by atoms with E-state index in [1.807, 2.05) is 0 Å². The Morgan fingerprint density at radius 2 is 1.71 bits per heavy atom. The molecular formula is C16H15FN2OS. The third-order valence-electron chi connectivity index (χ3n) is 3.12. The highest BCUT2D eigenvalue weighted by Crippen LogP contribution is 2.21. The molecule has 5 heteroatoms. The summed E-state index contributed by atoms with van der Waals surface area (Å²) in [6, 6.07) is 12.9. The van der Waals surface area contributed by atoms with Gasteiger partial charge in [-0.2, -0.15) is 0 Å². The van der Waals surface area contributed by atoms with Crippen molar-refractivity contribution in [2.45, 2.75) is 6.92 Å². The van der Waals surface area contributed by atoms with Gasteiger partial charge >= 0.3 is 0 Å². The van der Waals surface area contributed by atoms with E-state index in [9.17, 15) is 9.18 Å². The lowest BCUT2D eigenvalue weighted by Crippen LogP contribution is -2.31. The Kier molecular flexibility index (Phi) is 4.65. The van der Waals surface area contributed by atoms with Crippen molar-refractivity contribution in [2.75, 3.05) is 11.4 Å². The number of thiocarbonyl (C=S) groups is 1. The van der Waals surface area contributed by atoms with Crippen LogP contribution in [0.2, 0.25) is 0 Å². The standard InChI is InChI=1S/C16H15FN2OS/c1-2-19(14-6-4-3-5-13(14)17)16(20)12-9-7-11(8-10-12)15(18)21/h3-10H,2H2,1H3,(H2,18,21). The zero-order chi connectivity index (χ0) is 15.4. The highest BCUT2D eigenvalue weighted by atomic mass is 32.1. The maximum absolute atomic E-state index is 13.8. The summed E-state index contributed by atoms with van der Waals surface area (Å²) in [5, 5.41) is 0. The summed E-state index contributed by atoms with van der Waals surface area (Å²) in [7, 11) is 0. The van der Waals surface area contributed by atoms with Gasteiger partial charge in [-0.15, -0.1) is 0 Å². The minimum Gasteiger partial charge on any atom is -0.389 e. The van der Waals surface area contributed by atoms with E-state index in [4.69, 9.17) is 18.0 Å². The number of hydrogen-bond donors (Lipinski definition) is 1. The number of amides is 1. The lowest BCUT2D eigenvalue weighted by Gasteiger charge is -2.21. The number of carbonyl (C=O) groups excluding carboxylic acids is 1. The first-order valence-electron chi connectivity index (χ1n) is 6.51.